The number of benzene rings is 6. The fourth-order valence-corrected chi connectivity index (χ4v) is 6.78. The van der Waals surface area contributed by atoms with Gasteiger partial charge in [0.05, 0.1) is 22.4 Å². The van der Waals surface area contributed by atoms with Crippen molar-refractivity contribution in [3.8, 4) is 0 Å². The van der Waals surface area contributed by atoms with Gasteiger partial charge in [-0.05, 0) is 54.1 Å². The summed E-state index contributed by atoms with van der Waals surface area (Å²) < 4.78 is 13.2. The van der Waals surface area contributed by atoms with Gasteiger partial charge in [0, 0.05) is 27.1 Å². The zero-order chi connectivity index (χ0) is 28.3. The quantitative estimate of drug-likeness (QED) is 0.211. The molecule has 3 nitrogen and oxygen atoms in total. The summed E-state index contributed by atoms with van der Waals surface area (Å²) in [6.45, 7) is 0. The highest BCUT2D eigenvalue weighted by Crippen LogP contribution is 2.50. The number of hydrogen-bond donors (Lipinski definition) is 0. The van der Waals surface area contributed by atoms with Gasteiger partial charge in [0.25, 0.3) is 0 Å². The molecule has 1 aliphatic carbocycles. The molecule has 3 heteroatoms. The van der Waals surface area contributed by atoms with Gasteiger partial charge >= 0.3 is 0 Å². The van der Waals surface area contributed by atoms with Crippen molar-refractivity contribution in [3.05, 3.63) is 145 Å². The van der Waals surface area contributed by atoms with E-state index in [1.54, 1.807) is 0 Å². The fraction of sp³-hybridized carbons (Fsp3) is 0.0732. The lowest BCUT2D eigenvalue weighted by molar-refractivity contribution is 0.633. The SMILES string of the molecule is C.C1=CCCC(c2ccccc2N(c2cccc3ccccc23)c2cc3c4ccccc4oc3c3oc4ccccc4c23)=C1. The smallest absolute Gasteiger partial charge is 0.180 e. The number of para-hydroxylation sites is 3. The molecule has 0 N–H and O–H groups in total. The molecule has 2 heterocycles. The van der Waals surface area contributed by atoms with Crippen LogP contribution in [0.1, 0.15) is 25.8 Å². The third kappa shape index (κ3) is 3.90. The topological polar surface area (TPSA) is 29.5 Å². The molecule has 1 aliphatic rings. The average molecular weight is 570 g/mol. The zero-order valence-electron chi connectivity index (χ0n) is 23.5. The lowest BCUT2D eigenvalue weighted by Crippen LogP contribution is -2.13. The van der Waals surface area contributed by atoms with Gasteiger partial charge in [-0.2, -0.15) is 0 Å². The van der Waals surface area contributed by atoms with Gasteiger partial charge < -0.3 is 13.7 Å². The van der Waals surface area contributed by atoms with E-state index in [2.05, 4.69) is 120 Å². The van der Waals surface area contributed by atoms with E-state index in [4.69, 9.17) is 8.83 Å². The number of hydrogen-bond acceptors (Lipinski definition) is 3. The second kappa shape index (κ2) is 10.3. The average Bonchev–Trinajstić information content (AvgIpc) is 3.65. The molecular formula is C41H31NO2. The van der Waals surface area contributed by atoms with Gasteiger partial charge in [0.2, 0.25) is 0 Å². The Bertz CT molecular complexity index is 2410. The van der Waals surface area contributed by atoms with E-state index in [0.717, 1.165) is 73.8 Å². The molecule has 0 saturated carbocycles. The molecule has 6 aromatic carbocycles. The maximum atomic E-state index is 6.65. The van der Waals surface area contributed by atoms with Crippen molar-refractivity contribution in [2.24, 2.45) is 0 Å². The summed E-state index contributed by atoms with van der Waals surface area (Å²) in [6, 6.07) is 42.9. The van der Waals surface area contributed by atoms with Crippen LogP contribution in [0.25, 0.3) is 60.2 Å². The van der Waals surface area contributed by atoms with Crippen LogP contribution in [0.3, 0.4) is 0 Å². The molecule has 0 spiro atoms. The first kappa shape index (κ1) is 26.1. The molecule has 2 aromatic heterocycles. The Balaban J connectivity index is 0.00000289. The Labute approximate surface area is 255 Å². The molecule has 0 amide bonds. The Kier molecular flexibility index (Phi) is 6.13. The molecule has 0 radical (unpaired) electrons. The van der Waals surface area contributed by atoms with Crippen LogP contribution in [0, 0.1) is 0 Å². The maximum Gasteiger partial charge on any atom is 0.180 e. The third-order valence-corrected chi connectivity index (χ3v) is 8.73. The predicted molar refractivity (Wildman–Crippen MR) is 186 cm³/mol. The Morgan fingerprint density at radius 1 is 0.545 bits per heavy atom. The molecule has 8 aromatic rings. The second-order valence-corrected chi connectivity index (χ2v) is 11.2. The van der Waals surface area contributed by atoms with Crippen LogP contribution in [0.2, 0.25) is 0 Å². The highest BCUT2D eigenvalue weighted by atomic mass is 16.4. The van der Waals surface area contributed by atoms with Gasteiger partial charge in [0.1, 0.15) is 11.2 Å². The van der Waals surface area contributed by atoms with Crippen molar-refractivity contribution in [3.63, 3.8) is 0 Å². The lowest BCUT2D eigenvalue weighted by Gasteiger charge is -2.30. The minimum atomic E-state index is 0. The summed E-state index contributed by atoms with van der Waals surface area (Å²) in [5, 5.41) is 6.62. The Morgan fingerprint density at radius 3 is 2.05 bits per heavy atom. The number of allylic oxidation sites excluding steroid dienone is 4. The maximum absolute atomic E-state index is 6.65. The van der Waals surface area contributed by atoms with Gasteiger partial charge in [0.15, 0.2) is 11.2 Å². The first-order valence-corrected chi connectivity index (χ1v) is 14.8. The minimum Gasteiger partial charge on any atom is -0.452 e. The first-order valence-electron chi connectivity index (χ1n) is 14.8. The second-order valence-electron chi connectivity index (χ2n) is 11.2. The number of furan rings is 2. The van der Waals surface area contributed by atoms with E-state index in [1.807, 2.05) is 24.3 Å². The zero-order valence-corrected chi connectivity index (χ0v) is 23.5. The summed E-state index contributed by atoms with van der Waals surface area (Å²) in [5.74, 6) is 0. The fourth-order valence-electron chi connectivity index (χ4n) is 6.78. The third-order valence-electron chi connectivity index (χ3n) is 8.73. The molecule has 212 valence electrons. The summed E-state index contributed by atoms with van der Waals surface area (Å²) in [5.41, 5.74) is 9.15. The van der Waals surface area contributed by atoms with Crippen LogP contribution < -0.4 is 4.90 Å². The van der Waals surface area contributed by atoms with Gasteiger partial charge in [-0.25, -0.2) is 0 Å². The molecule has 0 fully saturated rings. The molecule has 0 atom stereocenters. The summed E-state index contributed by atoms with van der Waals surface area (Å²) >= 11 is 0. The normalized spacial score (nSPS) is 13.1. The monoisotopic (exact) mass is 569 g/mol. The molecule has 0 aliphatic heterocycles. The standard InChI is InChI=1S/C40H27NO2.CH4/c1-2-13-26(14-3-1)28-18-6-9-21-33(28)41(34-22-12-16-27-15-4-5-17-29(27)34)35-25-32-30-19-7-10-23-36(30)42-39(32)40-38(35)31-20-8-11-24-37(31)43-40;/h1-2,4-13,15-25H,3,14H2;1H4. The van der Waals surface area contributed by atoms with Gasteiger partial charge in [-0.15, -0.1) is 0 Å². The van der Waals surface area contributed by atoms with E-state index in [0.29, 0.717) is 0 Å². The molecule has 44 heavy (non-hydrogen) atoms. The van der Waals surface area contributed by atoms with Crippen LogP contribution in [-0.2, 0) is 0 Å². The summed E-state index contributed by atoms with van der Waals surface area (Å²) in [4.78, 5) is 2.45. The number of fused-ring (bicyclic) bond motifs is 8. The number of rotatable bonds is 4. The van der Waals surface area contributed by atoms with E-state index in [9.17, 15) is 0 Å². The van der Waals surface area contributed by atoms with Crippen LogP contribution in [0.5, 0.6) is 0 Å². The van der Waals surface area contributed by atoms with Crippen molar-refractivity contribution >= 4 is 77.3 Å². The highest BCUT2D eigenvalue weighted by Gasteiger charge is 2.27. The number of nitrogens with zero attached hydrogens (tertiary/aromatic N) is 1. The van der Waals surface area contributed by atoms with E-state index < -0.39 is 0 Å². The van der Waals surface area contributed by atoms with Crippen molar-refractivity contribution in [2.75, 3.05) is 4.90 Å². The Hall–Kier alpha value is -5.54. The highest BCUT2D eigenvalue weighted by molar-refractivity contribution is 6.25. The number of anilines is 3. The van der Waals surface area contributed by atoms with Gasteiger partial charge in [-0.3, -0.25) is 0 Å². The van der Waals surface area contributed by atoms with Crippen LogP contribution in [-0.4, -0.2) is 0 Å². The van der Waals surface area contributed by atoms with Crippen molar-refractivity contribution in [1.82, 2.24) is 0 Å². The van der Waals surface area contributed by atoms with E-state index in [1.165, 1.54) is 21.9 Å². The van der Waals surface area contributed by atoms with Crippen LogP contribution in [0.15, 0.2) is 148 Å². The van der Waals surface area contributed by atoms with E-state index >= 15 is 0 Å². The van der Waals surface area contributed by atoms with Gasteiger partial charge in [-0.1, -0.05) is 117 Å². The summed E-state index contributed by atoms with van der Waals surface area (Å²) in [7, 11) is 0. The van der Waals surface area contributed by atoms with Crippen LogP contribution in [0.4, 0.5) is 17.1 Å². The van der Waals surface area contributed by atoms with Crippen molar-refractivity contribution < 1.29 is 8.83 Å². The molecule has 0 saturated heterocycles. The molecule has 0 unspecified atom stereocenters. The molecule has 9 rings (SSSR count). The minimum absolute atomic E-state index is 0. The summed E-state index contributed by atoms with van der Waals surface area (Å²) in [6.07, 6.45) is 8.74. The largest absolute Gasteiger partial charge is 0.452 e. The van der Waals surface area contributed by atoms with Crippen LogP contribution >= 0.6 is 0 Å². The van der Waals surface area contributed by atoms with Crippen molar-refractivity contribution in [1.29, 1.82) is 0 Å². The molecule has 0 bridgehead atoms. The molecular weight excluding hydrogens is 538 g/mol. The lowest BCUT2D eigenvalue weighted by atomic mass is 9.94. The van der Waals surface area contributed by atoms with E-state index in [-0.39, 0.29) is 7.43 Å². The van der Waals surface area contributed by atoms with Crippen molar-refractivity contribution in [2.45, 2.75) is 20.3 Å². The predicted octanol–water partition coefficient (Wildman–Crippen LogP) is 12.5. The first-order chi connectivity index (χ1) is 21.3. The Morgan fingerprint density at radius 2 is 1.20 bits per heavy atom.